The van der Waals surface area contributed by atoms with Gasteiger partial charge in [0.2, 0.25) is 5.91 Å². The number of hydrogen-bond donors (Lipinski definition) is 3. The summed E-state index contributed by atoms with van der Waals surface area (Å²) < 4.78 is 1.62. The Bertz CT molecular complexity index is 1540. The number of nitrogens with zero attached hydrogens (tertiary/aromatic N) is 1. The molecule has 160 valence electrons. The van der Waals surface area contributed by atoms with Gasteiger partial charge in [-0.3, -0.25) is 9.59 Å². The molecule has 32 heavy (non-hydrogen) atoms. The summed E-state index contributed by atoms with van der Waals surface area (Å²) in [6.45, 7) is 0.546. The molecule has 3 heterocycles. The molecule has 5 rings (SSSR count). The molecule has 3 aromatic heterocycles. The standard InChI is InChI=1S/C24H20N4O3S/c29-21(25-11-9-16-14-26-19-4-2-1-3-18(16)19)13-15-5-7-17(8-6-15)28-23(30)22-20(10-12-32-22)27-24(28)31/h1-8,10,12,14,26H,9,11,13H2,(H,25,29)(H,27,31). The highest BCUT2D eigenvalue weighted by Gasteiger charge is 2.11. The largest absolute Gasteiger partial charge is 0.361 e. The van der Waals surface area contributed by atoms with E-state index in [1.165, 1.54) is 22.3 Å². The lowest BCUT2D eigenvalue weighted by atomic mass is 10.1. The van der Waals surface area contributed by atoms with Crippen molar-refractivity contribution < 1.29 is 4.79 Å². The van der Waals surface area contributed by atoms with Gasteiger partial charge in [-0.2, -0.15) is 0 Å². The first-order valence-corrected chi connectivity index (χ1v) is 11.1. The summed E-state index contributed by atoms with van der Waals surface area (Å²) in [5.41, 5.74) is 3.25. The van der Waals surface area contributed by atoms with Crippen LogP contribution in [-0.4, -0.2) is 27.0 Å². The van der Waals surface area contributed by atoms with Gasteiger partial charge in [0.1, 0.15) is 4.70 Å². The Morgan fingerprint density at radius 2 is 1.81 bits per heavy atom. The van der Waals surface area contributed by atoms with E-state index in [2.05, 4.69) is 21.4 Å². The van der Waals surface area contributed by atoms with Crippen LogP contribution in [0.1, 0.15) is 11.1 Å². The quantitative estimate of drug-likeness (QED) is 0.375. The van der Waals surface area contributed by atoms with Crippen molar-refractivity contribution in [3.8, 4) is 5.69 Å². The third-order valence-corrected chi connectivity index (χ3v) is 6.36. The Balaban J connectivity index is 1.23. The number of fused-ring (bicyclic) bond motifs is 2. The van der Waals surface area contributed by atoms with Crippen molar-refractivity contribution in [2.45, 2.75) is 12.8 Å². The summed E-state index contributed by atoms with van der Waals surface area (Å²) in [6.07, 6.45) is 2.95. The van der Waals surface area contributed by atoms with Crippen LogP contribution in [0.3, 0.4) is 0 Å². The molecule has 0 aliphatic carbocycles. The minimum Gasteiger partial charge on any atom is -0.361 e. The van der Waals surface area contributed by atoms with Crippen LogP contribution < -0.4 is 16.6 Å². The maximum Gasteiger partial charge on any atom is 0.333 e. The fourth-order valence-electron chi connectivity index (χ4n) is 3.86. The summed E-state index contributed by atoms with van der Waals surface area (Å²) in [4.78, 5) is 43.3. The number of hydrogen-bond acceptors (Lipinski definition) is 4. The SMILES string of the molecule is O=C(Cc1ccc(-n2c(=O)[nH]c3ccsc3c2=O)cc1)NCCc1c[nH]c2ccccc12. The first-order chi connectivity index (χ1) is 15.6. The van der Waals surface area contributed by atoms with Gasteiger partial charge in [-0.15, -0.1) is 11.3 Å². The van der Waals surface area contributed by atoms with Crippen LogP contribution in [0.25, 0.3) is 26.8 Å². The summed E-state index contributed by atoms with van der Waals surface area (Å²) in [6, 6.07) is 16.7. The minimum absolute atomic E-state index is 0.0763. The van der Waals surface area contributed by atoms with Gasteiger partial charge in [-0.05, 0) is 47.2 Å². The number of aromatic nitrogens is 3. The van der Waals surface area contributed by atoms with Gasteiger partial charge in [0.05, 0.1) is 17.6 Å². The zero-order valence-electron chi connectivity index (χ0n) is 17.1. The molecule has 0 saturated heterocycles. The second-order valence-electron chi connectivity index (χ2n) is 7.54. The van der Waals surface area contributed by atoms with Crippen LogP contribution in [-0.2, 0) is 17.6 Å². The van der Waals surface area contributed by atoms with E-state index in [0.29, 0.717) is 22.4 Å². The Kier molecular flexibility index (Phi) is 5.20. The molecule has 3 N–H and O–H groups in total. The average molecular weight is 445 g/mol. The Morgan fingerprint density at radius 1 is 1.00 bits per heavy atom. The van der Waals surface area contributed by atoms with Crippen molar-refractivity contribution in [2.75, 3.05) is 6.54 Å². The van der Waals surface area contributed by atoms with Gasteiger partial charge in [0, 0.05) is 23.6 Å². The molecule has 0 aliphatic rings. The lowest BCUT2D eigenvalue weighted by Gasteiger charge is -2.08. The molecule has 0 fully saturated rings. The van der Waals surface area contributed by atoms with Gasteiger partial charge in [0.25, 0.3) is 5.56 Å². The molecule has 1 amide bonds. The molecular formula is C24H20N4O3S. The summed E-state index contributed by atoms with van der Waals surface area (Å²) in [5, 5.41) is 5.89. The highest BCUT2D eigenvalue weighted by molar-refractivity contribution is 7.17. The maximum absolute atomic E-state index is 12.7. The second kappa shape index (κ2) is 8.32. The summed E-state index contributed by atoms with van der Waals surface area (Å²) in [5.74, 6) is -0.0763. The van der Waals surface area contributed by atoms with Crippen LogP contribution >= 0.6 is 11.3 Å². The zero-order chi connectivity index (χ0) is 22.1. The van der Waals surface area contributed by atoms with E-state index >= 15 is 0 Å². The van der Waals surface area contributed by atoms with Gasteiger partial charge in [-0.25, -0.2) is 9.36 Å². The van der Waals surface area contributed by atoms with Gasteiger partial charge in [0.15, 0.2) is 0 Å². The molecule has 7 nitrogen and oxygen atoms in total. The van der Waals surface area contributed by atoms with Crippen molar-refractivity contribution in [1.82, 2.24) is 19.9 Å². The van der Waals surface area contributed by atoms with Gasteiger partial charge < -0.3 is 15.3 Å². The molecule has 0 unspecified atom stereocenters. The monoisotopic (exact) mass is 444 g/mol. The van der Waals surface area contributed by atoms with Crippen molar-refractivity contribution >= 4 is 38.4 Å². The number of aromatic amines is 2. The molecule has 0 radical (unpaired) electrons. The van der Waals surface area contributed by atoms with Crippen LogP contribution in [0.15, 0.2) is 75.8 Å². The molecule has 0 aliphatic heterocycles. The number of nitrogens with one attached hydrogen (secondary N) is 3. The summed E-state index contributed by atoms with van der Waals surface area (Å²) in [7, 11) is 0. The van der Waals surface area contributed by atoms with Crippen molar-refractivity contribution in [3.63, 3.8) is 0 Å². The number of benzene rings is 2. The predicted molar refractivity (Wildman–Crippen MR) is 127 cm³/mol. The second-order valence-corrected chi connectivity index (χ2v) is 8.45. The normalized spacial score (nSPS) is 11.2. The van der Waals surface area contributed by atoms with Gasteiger partial charge in [-0.1, -0.05) is 30.3 Å². The van der Waals surface area contributed by atoms with Crippen molar-refractivity contribution in [2.24, 2.45) is 0 Å². The molecular weight excluding hydrogens is 424 g/mol. The number of thiophene rings is 1. The van der Waals surface area contributed by atoms with Crippen LogP contribution in [0.2, 0.25) is 0 Å². The Labute approximate surface area is 186 Å². The van der Waals surface area contributed by atoms with E-state index in [-0.39, 0.29) is 17.9 Å². The smallest absolute Gasteiger partial charge is 0.333 e. The fraction of sp³-hybridized carbons (Fsp3) is 0.125. The number of carbonyl (C=O) groups excluding carboxylic acids is 1. The molecule has 5 aromatic rings. The number of H-pyrrole nitrogens is 2. The van der Waals surface area contributed by atoms with E-state index in [9.17, 15) is 14.4 Å². The number of carbonyl (C=O) groups is 1. The Morgan fingerprint density at radius 3 is 2.66 bits per heavy atom. The first kappa shape index (κ1) is 20.0. The minimum atomic E-state index is -0.483. The van der Waals surface area contributed by atoms with Crippen molar-refractivity contribution in [1.29, 1.82) is 0 Å². The molecule has 0 atom stereocenters. The van der Waals surface area contributed by atoms with E-state index < -0.39 is 5.69 Å². The van der Waals surface area contributed by atoms with E-state index in [1.807, 2.05) is 24.4 Å². The maximum atomic E-state index is 12.7. The van der Waals surface area contributed by atoms with Crippen LogP contribution in [0, 0.1) is 0 Å². The van der Waals surface area contributed by atoms with E-state index in [1.54, 1.807) is 35.7 Å². The van der Waals surface area contributed by atoms with Crippen LogP contribution in [0.5, 0.6) is 0 Å². The van der Waals surface area contributed by atoms with Crippen LogP contribution in [0.4, 0.5) is 0 Å². The Hall–Kier alpha value is -3.91. The number of rotatable bonds is 6. The molecule has 0 saturated carbocycles. The lowest BCUT2D eigenvalue weighted by molar-refractivity contribution is -0.120. The van der Waals surface area contributed by atoms with Crippen molar-refractivity contribution in [3.05, 3.63) is 98.1 Å². The van der Waals surface area contributed by atoms with Gasteiger partial charge >= 0.3 is 5.69 Å². The third-order valence-electron chi connectivity index (χ3n) is 5.46. The number of para-hydroxylation sites is 1. The highest BCUT2D eigenvalue weighted by atomic mass is 32.1. The van der Waals surface area contributed by atoms with E-state index in [0.717, 1.165) is 22.1 Å². The molecule has 0 spiro atoms. The number of amides is 1. The molecule has 0 bridgehead atoms. The molecule has 8 heteroatoms. The fourth-order valence-corrected chi connectivity index (χ4v) is 4.64. The molecule has 2 aromatic carbocycles. The topological polar surface area (TPSA) is 99.8 Å². The van der Waals surface area contributed by atoms with E-state index in [4.69, 9.17) is 0 Å². The summed E-state index contributed by atoms with van der Waals surface area (Å²) >= 11 is 1.29. The third kappa shape index (κ3) is 3.76. The zero-order valence-corrected chi connectivity index (χ0v) is 17.9. The predicted octanol–water partition coefficient (Wildman–Crippen LogP) is 3.12. The first-order valence-electron chi connectivity index (χ1n) is 10.2. The lowest BCUT2D eigenvalue weighted by Crippen LogP contribution is -2.33. The highest BCUT2D eigenvalue weighted by Crippen LogP contribution is 2.18. The average Bonchev–Trinajstić information content (AvgIpc) is 3.42.